The first-order valence-electron chi connectivity index (χ1n) is 6.00. The van der Waals surface area contributed by atoms with Gasteiger partial charge in [0.2, 0.25) is 0 Å². The van der Waals surface area contributed by atoms with Crippen LogP contribution in [0.1, 0.15) is 22.2 Å². The molecule has 1 aromatic heterocycles. The Morgan fingerprint density at radius 2 is 2.05 bits per heavy atom. The van der Waals surface area contributed by atoms with Crippen LogP contribution >= 0.6 is 27.5 Å². The van der Waals surface area contributed by atoms with Gasteiger partial charge in [-0.25, -0.2) is 0 Å². The topological polar surface area (TPSA) is 56.3 Å². The van der Waals surface area contributed by atoms with Gasteiger partial charge in [-0.3, -0.25) is 0 Å². The summed E-state index contributed by atoms with van der Waals surface area (Å²) in [5.74, 6) is 1.48. The lowest BCUT2D eigenvalue weighted by Crippen LogP contribution is -2.18. The van der Waals surface area contributed by atoms with Gasteiger partial charge in [0.15, 0.2) is 0 Å². The van der Waals surface area contributed by atoms with E-state index in [1.165, 1.54) is 11.5 Å². The van der Waals surface area contributed by atoms with E-state index in [0.717, 1.165) is 32.1 Å². The van der Waals surface area contributed by atoms with Gasteiger partial charge < -0.3 is 14.8 Å². The number of benzene rings is 1. The van der Waals surface area contributed by atoms with E-state index < -0.39 is 0 Å². The molecule has 0 spiro atoms. The van der Waals surface area contributed by atoms with Crippen LogP contribution in [0.4, 0.5) is 0 Å². The Hall–Kier alpha value is -1.18. The second kappa shape index (κ2) is 6.51. The molecule has 0 aliphatic carbocycles. The highest BCUT2D eigenvalue weighted by Crippen LogP contribution is 2.41. The fourth-order valence-electron chi connectivity index (χ4n) is 2.08. The molecule has 1 unspecified atom stereocenters. The predicted molar refractivity (Wildman–Crippen MR) is 82.8 cm³/mol. The van der Waals surface area contributed by atoms with Crippen LogP contribution in [0.25, 0.3) is 0 Å². The van der Waals surface area contributed by atoms with Crippen LogP contribution in [0.15, 0.2) is 16.6 Å². The zero-order valence-corrected chi connectivity index (χ0v) is 14.1. The smallest absolute Gasteiger partial charge is 0.141 e. The van der Waals surface area contributed by atoms with Crippen molar-refractivity contribution in [2.75, 3.05) is 21.3 Å². The fraction of sp³-hybridized carbons (Fsp3) is 0.385. The number of methoxy groups -OCH3 is 2. The van der Waals surface area contributed by atoms with Crippen LogP contribution in [0, 0.1) is 6.92 Å². The van der Waals surface area contributed by atoms with Crippen molar-refractivity contribution < 1.29 is 9.47 Å². The summed E-state index contributed by atoms with van der Waals surface area (Å²) in [6.45, 7) is 1.95. The molecule has 0 fully saturated rings. The monoisotopic (exact) mass is 357 g/mol. The Bertz CT molecular complexity index is 603. The maximum absolute atomic E-state index is 5.54. The lowest BCUT2D eigenvalue weighted by atomic mass is 10.0. The SMILES string of the molecule is CNC(c1ccc(OC)c(Br)c1OC)c1snnc1C. The number of hydrogen-bond donors (Lipinski definition) is 1. The molecule has 1 N–H and O–H groups in total. The van der Waals surface area contributed by atoms with Gasteiger partial charge in [0, 0.05) is 5.56 Å². The van der Waals surface area contributed by atoms with Gasteiger partial charge in [0.25, 0.3) is 0 Å². The largest absolute Gasteiger partial charge is 0.495 e. The first kappa shape index (κ1) is 15.2. The number of rotatable bonds is 5. The third-order valence-electron chi connectivity index (χ3n) is 3.06. The number of nitrogens with one attached hydrogen (secondary N) is 1. The molecule has 7 heteroatoms. The summed E-state index contributed by atoms with van der Waals surface area (Å²) in [5, 5.41) is 7.36. The maximum atomic E-state index is 5.54. The van der Waals surface area contributed by atoms with Gasteiger partial charge in [-0.15, -0.1) is 5.10 Å². The zero-order chi connectivity index (χ0) is 14.7. The molecular weight excluding hydrogens is 342 g/mol. The highest BCUT2D eigenvalue weighted by atomic mass is 79.9. The Labute approximate surface area is 130 Å². The minimum Gasteiger partial charge on any atom is -0.495 e. The van der Waals surface area contributed by atoms with Crippen molar-refractivity contribution in [3.8, 4) is 11.5 Å². The second-order valence-corrected chi connectivity index (χ2v) is 5.73. The molecule has 0 amide bonds. The molecule has 2 aromatic rings. The standard InChI is InChI=1S/C13H16BrN3O2S/c1-7-13(20-17-16-7)11(15-2)8-5-6-9(18-3)10(14)12(8)19-4/h5-6,11,15H,1-4H3. The number of aryl methyl sites for hydroxylation is 1. The van der Waals surface area contributed by atoms with Gasteiger partial charge in [-0.2, -0.15) is 0 Å². The first-order chi connectivity index (χ1) is 9.63. The van der Waals surface area contributed by atoms with Gasteiger partial charge in [0.1, 0.15) is 16.0 Å². The van der Waals surface area contributed by atoms with Crippen molar-refractivity contribution >= 4 is 27.5 Å². The van der Waals surface area contributed by atoms with Crippen molar-refractivity contribution in [3.63, 3.8) is 0 Å². The molecule has 0 saturated heterocycles. The third-order valence-corrected chi connectivity index (χ3v) is 4.71. The van der Waals surface area contributed by atoms with E-state index in [1.807, 2.05) is 26.1 Å². The number of halogens is 1. The van der Waals surface area contributed by atoms with Crippen LogP contribution < -0.4 is 14.8 Å². The van der Waals surface area contributed by atoms with Crippen LogP contribution in [0.3, 0.4) is 0 Å². The van der Waals surface area contributed by atoms with Crippen molar-refractivity contribution in [2.45, 2.75) is 13.0 Å². The van der Waals surface area contributed by atoms with E-state index >= 15 is 0 Å². The molecule has 1 aromatic carbocycles. The van der Waals surface area contributed by atoms with Crippen LogP contribution in [-0.2, 0) is 0 Å². The van der Waals surface area contributed by atoms with Crippen LogP contribution in [0.5, 0.6) is 11.5 Å². The maximum Gasteiger partial charge on any atom is 0.141 e. The van der Waals surface area contributed by atoms with Crippen molar-refractivity contribution in [1.82, 2.24) is 14.9 Å². The Morgan fingerprint density at radius 3 is 2.55 bits per heavy atom. The summed E-state index contributed by atoms with van der Waals surface area (Å²) in [6.07, 6.45) is 0. The molecule has 1 heterocycles. The minimum atomic E-state index is -0.0212. The molecule has 108 valence electrons. The van der Waals surface area contributed by atoms with E-state index in [2.05, 4.69) is 30.8 Å². The molecule has 0 aliphatic rings. The van der Waals surface area contributed by atoms with Gasteiger partial charge in [-0.05, 0) is 53.6 Å². The van der Waals surface area contributed by atoms with Crippen LogP contribution in [0.2, 0.25) is 0 Å². The number of hydrogen-bond acceptors (Lipinski definition) is 6. The summed E-state index contributed by atoms with van der Waals surface area (Å²) in [5.41, 5.74) is 1.93. The molecule has 0 bridgehead atoms. The summed E-state index contributed by atoms with van der Waals surface area (Å²) < 4.78 is 15.6. The summed E-state index contributed by atoms with van der Waals surface area (Å²) in [6, 6.07) is 3.88. The average molecular weight is 358 g/mol. The Morgan fingerprint density at radius 1 is 1.30 bits per heavy atom. The number of aromatic nitrogens is 2. The first-order valence-corrected chi connectivity index (χ1v) is 7.57. The highest BCUT2D eigenvalue weighted by Gasteiger charge is 2.23. The lowest BCUT2D eigenvalue weighted by Gasteiger charge is -2.20. The summed E-state index contributed by atoms with van der Waals surface area (Å²) in [7, 11) is 5.18. The minimum absolute atomic E-state index is 0.0212. The second-order valence-electron chi connectivity index (χ2n) is 4.15. The normalized spacial score (nSPS) is 12.2. The molecule has 0 saturated carbocycles. The van der Waals surface area contributed by atoms with E-state index in [0.29, 0.717) is 0 Å². The van der Waals surface area contributed by atoms with Crippen LogP contribution in [-0.4, -0.2) is 30.9 Å². The lowest BCUT2D eigenvalue weighted by molar-refractivity contribution is 0.383. The third kappa shape index (κ3) is 2.65. The van der Waals surface area contributed by atoms with E-state index in [-0.39, 0.29) is 6.04 Å². The molecular formula is C13H16BrN3O2S. The Kier molecular flexibility index (Phi) is 4.95. The zero-order valence-electron chi connectivity index (χ0n) is 11.7. The van der Waals surface area contributed by atoms with E-state index in [1.54, 1.807) is 14.2 Å². The molecule has 2 rings (SSSR count). The molecule has 1 atom stereocenters. The molecule has 0 radical (unpaired) electrons. The number of ether oxygens (including phenoxy) is 2. The van der Waals surface area contributed by atoms with Crippen molar-refractivity contribution in [1.29, 1.82) is 0 Å². The molecule has 0 aliphatic heterocycles. The molecule has 20 heavy (non-hydrogen) atoms. The average Bonchev–Trinajstić information content (AvgIpc) is 2.86. The van der Waals surface area contributed by atoms with Gasteiger partial charge in [-0.1, -0.05) is 4.49 Å². The molecule has 5 nitrogen and oxygen atoms in total. The highest BCUT2D eigenvalue weighted by molar-refractivity contribution is 9.10. The van der Waals surface area contributed by atoms with Gasteiger partial charge >= 0.3 is 0 Å². The van der Waals surface area contributed by atoms with Gasteiger partial charge in [0.05, 0.1) is 30.8 Å². The summed E-state index contributed by atoms with van der Waals surface area (Å²) in [4.78, 5) is 1.07. The van der Waals surface area contributed by atoms with E-state index in [9.17, 15) is 0 Å². The summed E-state index contributed by atoms with van der Waals surface area (Å²) >= 11 is 4.91. The predicted octanol–water partition coefficient (Wildman–Crippen LogP) is 2.94. The van der Waals surface area contributed by atoms with Crippen molar-refractivity contribution in [2.24, 2.45) is 0 Å². The Balaban J connectivity index is 2.56. The van der Waals surface area contributed by atoms with Crippen molar-refractivity contribution in [3.05, 3.63) is 32.7 Å². The quantitative estimate of drug-likeness (QED) is 0.891. The number of nitrogens with zero attached hydrogens (tertiary/aromatic N) is 2. The van der Waals surface area contributed by atoms with E-state index in [4.69, 9.17) is 9.47 Å². The fourth-order valence-corrected chi connectivity index (χ4v) is 3.54.